The lowest BCUT2D eigenvalue weighted by molar-refractivity contribution is -0.0487. The molecule has 0 spiro atoms. The van der Waals surface area contributed by atoms with Gasteiger partial charge in [-0.05, 0) is 58.7 Å². The Kier molecular flexibility index (Phi) is 4.22. The van der Waals surface area contributed by atoms with Gasteiger partial charge in [-0.15, -0.1) is 0 Å². The smallest absolute Gasteiger partial charge is 0.0604 e. The van der Waals surface area contributed by atoms with Crippen LogP contribution in [0.3, 0.4) is 0 Å². The van der Waals surface area contributed by atoms with Gasteiger partial charge in [-0.2, -0.15) is 0 Å². The fraction of sp³-hybridized carbons (Fsp3) is 1.00. The molecule has 1 saturated carbocycles. The maximum absolute atomic E-state index is 5.70. The molecule has 3 rings (SSSR count). The van der Waals surface area contributed by atoms with Crippen LogP contribution in [0.15, 0.2) is 0 Å². The van der Waals surface area contributed by atoms with E-state index in [1.807, 2.05) is 0 Å². The van der Waals surface area contributed by atoms with Crippen LogP contribution in [0.5, 0.6) is 0 Å². The monoisotopic (exact) mass is 252 g/mol. The molecule has 3 heteroatoms. The van der Waals surface area contributed by atoms with Crippen molar-refractivity contribution in [3.63, 3.8) is 0 Å². The van der Waals surface area contributed by atoms with E-state index in [1.54, 1.807) is 0 Å². The molecular formula is C15H28N2O. The van der Waals surface area contributed by atoms with E-state index < -0.39 is 0 Å². The first-order chi connectivity index (χ1) is 8.86. The predicted octanol–water partition coefficient (Wildman–Crippen LogP) is 2.11. The third-order valence-electron chi connectivity index (χ3n) is 5.07. The van der Waals surface area contributed by atoms with Crippen LogP contribution in [0.4, 0.5) is 0 Å². The molecule has 2 aliphatic heterocycles. The number of piperidine rings is 1. The molecule has 3 fully saturated rings. The summed E-state index contributed by atoms with van der Waals surface area (Å²) in [6, 6.07) is 1.68. The van der Waals surface area contributed by atoms with E-state index >= 15 is 0 Å². The molecular weight excluding hydrogens is 224 g/mol. The first-order valence-corrected chi connectivity index (χ1v) is 7.96. The first kappa shape index (κ1) is 12.9. The van der Waals surface area contributed by atoms with Gasteiger partial charge in [0.2, 0.25) is 0 Å². The number of nitrogens with zero attached hydrogens (tertiary/aromatic N) is 2. The van der Waals surface area contributed by atoms with Crippen molar-refractivity contribution in [3.8, 4) is 0 Å². The largest absolute Gasteiger partial charge is 0.378 e. The molecule has 0 aromatic rings. The molecule has 1 atom stereocenters. The third-order valence-corrected chi connectivity index (χ3v) is 5.07. The van der Waals surface area contributed by atoms with Crippen LogP contribution in [0.2, 0.25) is 0 Å². The molecule has 0 aromatic heterocycles. The zero-order valence-electron chi connectivity index (χ0n) is 11.8. The van der Waals surface area contributed by atoms with Gasteiger partial charge in [-0.3, -0.25) is 9.80 Å². The van der Waals surface area contributed by atoms with Crippen LogP contribution in [0.25, 0.3) is 0 Å². The number of hydrogen-bond acceptors (Lipinski definition) is 3. The van der Waals surface area contributed by atoms with Crippen molar-refractivity contribution in [2.75, 3.05) is 32.8 Å². The second-order valence-electron chi connectivity index (χ2n) is 6.24. The molecule has 2 heterocycles. The minimum atomic E-state index is 0.561. The van der Waals surface area contributed by atoms with Crippen LogP contribution in [0.1, 0.15) is 45.4 Å². The summed E-state index contributed by atoms with van der Waals surface area (Å²) in [5.74, 6) is 0. The molecule has 18 heavy (non-hydrogen) atoms. The lowest BCUT2D eigenvalue weighted by Gasteiger charge is -2.44. The van der Waals surface area contributed by atoms with Gasteiger partial charge < -0.3 is 4.74 Å². The minimum Gasteiger partial charge on any atom is -0.378 e. The number of rotatable bonds is 3. The summed E-state index contributed by atoms with van der Waals surface area (Å²) in [6.07, 6.45) is 8.78. The van der Waals surface area contributed by atoms with E-state index in [-0.39, 0.29) is 0 Å². The van der Waals surface area contributed by atoms with Gasteiger partial charge in [0.05, 0.1) is 6.10 Å². The van der Waals surface area contributed by atoms with E-state index in [0.29, 0.717) is 6.10 Å². The Bertz CT molecular complexity index is 265. The van der Waals surface area contributed by atoms with Crippen LogP contribution in [0, 0.1) is 0 Å². The predicted molar refractivity (Wildman–Crippen MR) is 73.8 cm³/mol. The highest BCUT2D eigenvalue weighted by Gasteiger charge is 2.37. The highest BCUT2D eigenvalue weighted by Crippen LogP contribution is 2.31. The molecule has 2 saturated heterocycles. The summed E-state index contributed by atoms with van der Waals surface area (Å²) in [4.78, 5) is 5.52. The molecule has 0 N–H and O–H groups in total. The van der Waals surface area contributed by atoms with Crippen molar-refractivity contribution in [1.82, 2.24) is 9.80 Å². The lowest BCUT2D eigenvalue weighted by Crippen LogP contribution is -2.52. The molecule has 0 bridgehead atoms. The summed E-state index contributed by atoms with van der Waals surface area (Å²) in [5, 5.41) is 0. The summed E-state index contributed by atoms with van der Waals surface area (Å²) < 4.78 is 5.70. The molecule has 0 aromatic carbocycles. The Labute approximate surface area is 111 Å². The highest BCUT2D eigenvalue weighted by atomic mass is 16.5. The van der Waals surface area contributed by atoms with Crippen LogP contribution in [-0.2, 0) is 4.74 Å². The number of ether oxygens (including phenoxy) is 1. The SMILES string of the molecule is CCOC1CC(N2CCCN3CCCCC3C2)C1. The normalized spacial score (nSPS) is 38.8. The second-order valence-corrected chi connectivity index (χ2v) is 6.24. The van der Waals surface area contributed by atoms with Gasteiger partial charge in [0.15, 0.2) is 0 Å². The van der Waals surface area contributed by atoms with Crippen molar-refractivity contribution < 1.29 is 4.74 Å². The van der Waals surface area contributed by atoms with Crippen LogP contribution < -0.4 is 0 Å². The fourth-order valence-corrected chi connectivity index (χ4v) is 3.94. The minimum absolute atomic E-state index is 0.561. The van der Waals surface area contributed by atoms with Gasteiger partial charge in [0.25, 0.3) is 0 Å². The summed E-state index contributed by atoms with van der Waals surface area (Å²) in [6.45, 7) is 8.32. The molecule has 3 nitrogen and oxygen atoms in total. The fourth-order valence-electron chi connectivity index (χ4n) is 3.94. The zero-order valence-corrected chi connectivity index (χ0v) is 11.8. The van der Waals surface area contributed by atoms with Gasteiger partial charge in [0, 0.05) is 25.2 Å². The molecule has 3 aliphatic rings. The number of fused-ring (bicyclic) bond motifs is 1. The third kappa shape index (κ3) is 2.73. The Morgan fingerprint density at radius 2 is 1.72 bits per heavy atom. The van der Waals surface area contributed by atoms with Gasteiger partial charge in [-0.1, -0.05) is 6.42 Å². The highest BCUT2D eigenvalue weighted by molar-refractivity contribution is 4.92. The van der Waals surface area contributed by atoms with Gasteiger partial charge in [-0.25, -0.2) is 0 Å². The molecule has 1 unspecified atom stereocenters. The molecule has 104 valence electrons. The van der Waals surface area contributed by atoms with Crippen LogP contribution in [-0.4, -0.2) is 60.8 Å². The maximum atomic E-state index is 5.70. The standard InChI is InChI=1S/C15H28N2O/c1-2-18-15-10-14(11-15)17-9-5-8-16-7-4-3-6-13(16)12-17/h13-15H,2-12H2,1H3. The van der Waals surface area contributed by atoms with Crippen LogP contribution >= 0.6 is 0 Å². The zero-order chi connectivity index (χ0) is 12.4. The van der Waals surface area contributed by atoms with Gasteiger partial charge >= 0.3 is 0 Å². The summed E-state index contributed by atoms with van der Waals surface area (Å²) in [7, 11) is 0. The van der Waals surface area contributed by atoms with Gasteiger partial charge in [0.1, 0.15) is 0 Å². The Hall–Kier alpha value is -0.120. The molecule has 0 radical (unpaired) electrons. The van der Waals surface area contributed by atoms with E-state index in [9.17, 15) is 0 Å². The van der Waals surface area contributed by atoms with Crippen molar-refractivity contribution in [3.05, 3.63) is 0 Å². The molecule has 1 aliphatic carbocycles. The quantitative estimate of drug-likeness (QED) is 0.765. The van der Waals surface area contributed by atoms with E-state index in [4.69, 9.17) is 4.74 Å². The van der Waals surface area contributed by atoms with E-state index in [1.165, 1.54) is 64.7 Å². The van der Waals surface area contributed by atoms with E-state index in [2.05, 4.69) is 16.7 Å². The lowest BCUT2D eigenvalue weighted by atomic mass is 9.87. The average Bonchev–Trinajstić information content (AvgIpc) is 2.55. The molecule has 0 amide bonds. The Morgan fingerprint density at radius 1 is 0.944 bits per heavy atom. The maximum Gasteiger partial charge on any atom is 0.0604 e. The second kappa shape index (κ2) is 5.89. The Morgan fingerprint density at radius 3 is 2.56 bits per heavy atom. The average molecular weight is 252 g/mol. The summed E-state index contributed by atoms with van der Waals surface area (Å²) in [5.41, 5.74) is 0. The van der Waals surface area contributed by atoms with Crippen molar-refractivity contribution in [2.45, 2.75) is 63.6 Å². The Balaban J connectivity index is 1.51. The van der Waals surface area contributed by atoms with Crippen molar-refractivity contribution >= 4 is 0 Å². The summed E-state index contributed by atoms with van der Waals surface area (Å²) >= 11 is 0. The first-order valence-electron chi connectivity index (χ1n) is 7.96. The topological polar surface area (TPSA) is 15.7 Å². The number of hydrogen-bond donors (Lipinski definition) is 0. The van der Waals surface area contributed by atoms with Crippen molar-refractivity contribution in [1.29, 1.82) is 0 Å². The van der Waals surface area contributed by atoms with Crippen molar-refractivity contribution in [2.24, 2.45) is 0 Å². The van der Waals surface area contributed by atoms with E-state index in [0.717, 1.165) is 18.7 Å².